The molecule has 1 aliphatic rings. The van der Waals surface area contributed by atoms with E-state index < -0.39 is 5.97 Å². The summed E-state index contributed by atoms with van der Waals surface area (Å²) in [6.07, 6.45) is 1.24. The molecule has 0 radical (unpaired) electrons. The lowest BCUT2D eigenvalue weighted by molar-refractivity contribution is 0.0563. The van der Waals surface area contributed by atoms with Crippen LogP contribution >= 0.6 is 23.1 Å². The number of methoxy groups -OCH3 is 1. The van der Waals surface area contributed by atoms with Gasteiger partial charge in [-0.25, -0.2) is 9.78 Å². The molecule has 6 nitrogen and oxygen atoms in total. The van der Waals surface area contributed by atoms with Crippen molar-refractivity contribution in [3.8, 4) is 0 Å². The van der Waals surface area contributed by atoms with Gasteiger partial charge in [-0.15, -0.1) is 11.3 Å². The molecule has 4 heterocycles. The second-order valence-electron chi connectivity index (χ2n) is 5.43. The molecule has 1 aliphatic heterocycles. The number of thiophene rings is 1. The Morgan fingerprint density at radius 1 is 1.46 bits per heavy atom. The molecule has 3 aromatic heterocycles. The zero-order valence-electron chi connectivity index (χ0n) is 12.9. The van der Waals surface area contributed by atoms with Crippen LogP contribution in [0.25, 0.3) is 10.2 Å². The summed E-state index contributed by atoms with van der Waals surface area (Å²) in [6.45, 7) is 0. The summed E-state index contributed by atoms with van der Waals surface area (Å²) in [4.78, 5) is 33.4. The van der Waals surface area contributed by atoms with Crippen molar-refractivity contribution in [3.05, 3.63) is 50.3 Å². The van der Waals surface area contributed by atoms with E-state index in [0.29, 0.717) is 18.0 Å². The summed E-state index contributed by atoms with van der Waals surface area (Å²) < 4.78 is 10.1. The molecule has 0 aromatic carbocycles. The normalized spacial score (nSPS) is 13.9. The maximum atomic E-state index is 12.5. The molecule has 0 saturated carbocycles. The number of ether oxygens (including phenoxy) is 1. The van der Waals surface area contributed by atoms with Gasteiger partial charge < -0.3 is 14.1 Å². The molecule has 3 aromatic rings. The number of aromatic nitrogens is 2. The van der Waals surface area contributed by atoms with E-state index in [0.717, 1.165) is 33.7 Å². The number of furan rings is 1. The lowest BCUT2D eigenvalue weighted by atomic mass is 10.1. The molecule has 0 fully saturated rings. The van der Waals surface area contributed by atoms with Gasteiger partial charge in [0.15, 0.2) is 0 Å². The van der Waals surface area contributed by atoms with Crippen LogP contribution in [0.3, 0.4) is 0 Å². The minimum absolute atomic E-state index is 0.0980. The van der Waals surface area contributed by atoms with Crippen LogP contribution in [0.5, 0.6) is 0 Å². The molecule has 124 valence electrons. The Morgan fingerprint density at radius 3 is 3.17 bits per heavy atom. The van der Waals surface area contributed by atoms with Gasteiger partial charge in [-0.05, 0) is 29.9 Å². The number of carbonyl (C=O) groups is 1. The van der Waals surface area contributed by atoms with Crippen LogP contribution in [0.1, 0.15) is 32.6 Å². The number of esters is 1. The van der Waals surface area contributed by atoms with Crippen LogP contribution in [-0.4, -0.2) is 28.8 Å². The fourth-order valence-corrected chi connectivity index (χ4v) is 5.18. The molecule has 0 aliphatic carbocycles. The van der Waals surface area contributed by atoms with Crippen molar-refractivity contribution in [1.29, 1.82) is 0 Å². The number of rotatable bonds is 3. The summed E-state index contributed by atoms with van der Waals surface area (Å²) in [5.74, 6) is 2.69. The van der Waals surface area contributed by atoms with Crippen molar-refractivity contribution in [2.24, 2.45) is 0 Å². The van der Waals surface area contributed by atoms with Gasteiger partial charge >= 0.3 is 5.97 Å². The van der Waals surface area contributed by atoms with Gasteiger partial charge in [-0.1, -0.05) is 0 Å². The van der Waals surface area contributed by atoms with E-state index in [1.165, 1.54) is 12.0 Å². The van der Waals surface area contributed by atoms with E-state index >= 15 is 0 Å². The average Bonchev–Trinajstić information content (AvgIpc) is 3.18. The zero-order chi connectivity index (χ0) is 16.7. The zero-order valence-corrected chi connectivity index (χ0v) is 14.5. The standard InChI is InChI=1S/C16H14N2O4S2/c1-21-16(20)10-3-2-8(22-10)6-12-17-14(19)13-9-4-5-23-7-11(9)24-15(13)18-12/h2-3H,4-7H2,1H3,(H,17,18,19). The maximum absolute atomic E-state index is 12.5. The highest BCUT2D eigenvalue weighted by molar-refractivity contribution is 7.98. The molecular weight excluding hydrogens is 348 g/mol. The fraction of sp³-hybridized carbons (Fsp3) is 0.312. The minimum atomic E-state index is -0.526. The highest BCUT2D eigenvalue weighted by Crippen LogP contribution is 2.35. The Morgan fingerprint density at radius 2 is 2.33 bits per heavy atom. The first-order chi connectivity index (χ1) is 11.7. The maximum Gasteiger partial charge on any atom is 0.373 e. The van der Waals surface area contributed by atoms with E-state index in [1.54, 1.807) is 23.5 Å². The minimum Gasteiger partial charge on any atom is -0.463 e. The van der Waals surface area contributed by atoms with Gasteiger partial charge in [0, 0.05) is 10.6 Å². The molecule has 0 spiro atoms. The van der Waals surface area contributed by atoms with Gasteiger partial charge in [0.25, 0.3) is 5.56 Å². The Labute approximate surface area is 145 Å². The van der Waals surface area contributed by atoms with Crippen LogP contribution in [0.2, 0.25) is 0 Å². The van der Waals surface area contributed by atoms with Gasteiger partial charge in [-0.3, -0.25) is 4.79 Å². The quantitative estimate of drug-likeness (QED) is 0.721. The number of nitrogens with zero attached hydrogens (tertiary/aromatic N) is 1. The molecule has 0 saturated heterocycles. The third-order valence-corrected chi connectivity index (χ3v) is 6.21. The lowest BCUT2D eigenvalue weighted by Gasteiger charge is -2.09. The van der Waals surface area contributed by atoms with Crippen molar-refractivity contribution in [1.82, 2.24) is 9.97 Å². The predicted molar refractivity (Wildman–Crippen MR) is 93.0 cm³/mol. The molecule has 1 N–H and O–H groups in total. The number of hydrogen-bond acceptors (Lipinski definition) is 7. The van der Waals surface area contributed by atoms with Gasteiger partial charge in [-0.2, -0.15) is 11.8 Å². The van der Waals surface area contributed by atoms with Gasteiger partial charge in [0.1, 0.15) is 16.4 Å². The third kappa shape index (κ3) is 2.65. The molecule has 8 heteroatoms. The topological polar surface area (TPSA) is 85.2 Å². The van der Waals surface area contributed by atoms with E-state index in [2.05, 4.69) is 14.7 Å². The third-order valence-electron chi connectivity index (χ3n) is 3.91. The van der Waals surface area contributed by atoms with Crippen LogP contribution in [0, 0.1) is 0 Å². The first kappa shape index (κ1) is 15.5. The van der Waals surface area contributed by atoms with Crippen LogP contribution in [0.15, 0.2) is 21.3 Å². The number of nitrogens with one attached hydrogen (secondary N) is 1. The first-order valence-electron chi connectivity index (χ1n) is 7.44. The number of aryl methyl sites for hydroxylation is 1. The largest absolute Gasteiger partial charge is 0.463 e. The molecule has 0 amide bonds. The fourth-order valence-electron chi connectivity index (χ4n) is 2.81. The molecule has 0 unspecified atom stereocenters. The Kier molecular flexibility index (Phi) is 3.93. The Hall–Kier alpha value is -2.06. The first-order valence-corrected chi connectivity index (χ1v) is 9.41. The van der Waals surface area contributed by atoms with Crippen LogP contribution in [0.4, 0.5) is 0 Å². The van der Waals surface area contributed by atoms with Crippen molar-refractivity contribution < 1.29 is 13.9 Å². The van der Waals surface area contributed by atoms with E-state index in [-0.39, 0.29) is 11.3 Å². The smallest absolute Gasteiger partial charge is 0.373 e. The van der Waals surface area contributed by atoms with Crippen molar-refractivity contribution >= 4 is 39.3 Å². The molecule has 0 bridgehead atoms. The summed E-state index contributed by atoms with van der Waals surface area (Å²) in [5, 5.41) is 0.730. The molecule has 24 heavy (non-hydrogen) atoms. The summed E-state index contributed by atoms with van der Waals surface area (Å²) in [5.41, 5.74) is 1.05. The summed E-state index contributed by atoms with van der Waals surface area (Å²) >= 11 is 3.48. The van der Waals surface area contributed by atoms with Gasteiger partial charge in [0.05, 0.1) is 18.9 Å². The van der Waals surface area contributed by atoms with E-state index in [1.807, 2.05) is 11.8 Å². The van der Waals surface area contributed by atoms with E-state index in [9.17, 15) is 9.59 Å². The number of H-pyrrole nitrogens is 1. The predicted octanol–water partition coefficient (Wildman–Crippen LogP) is 2.74. The monoisotopic (exact) mass is 362 g/mol. The lowest BCUT2D eigenvalue weighted by Crippen LogP contribution is -2.13. The molecule has 4 rings (SSSR count). The second kappa shape index (κ2) is 6.10. The number of aromatic amines is 1. The summed E-state index contributed by atoms with van der Waals surface area (Å²) in [6, 6.07) is 3.24. The average molecular weight is 362 g/mol. The highest BCUT2D eigenvalue weighted by atomic mass is 32.2. The molecular formula is C16H14N2O4S2. The SMILES string of the molecule is COC(=O)c1ccc(Cc2nc3sc4c(c3c(=O)[nH]2)CCSC4)o1. The Balaban J connectivity index is 1.69. The van der Waals surface area contributed by atoms with Crippen molar-refractivity contribution in [2.75, 3.05) is 12.9 Å². The van der Waals surface area contributed by atoms with E-state index in [4.69, 9.17) is 4.42 Å². The summed E-state index contributed by atoms with van der Waals surface area (Å²) in [7, 11) is 1.30. The van der Waals surface area contributed by atoms with Gasteiger partial charge in [0.2, 0.25) is 5.76 Å². The number of hydrogen-bond donors (Lipinski definition) is 1. The van der Waals surface area contributed by atoms with Crippen molar-refractivity contribution in [2.45, 2.75) is 18.6 Å². The Bertz CT molecular complexity index is 986. The van der Waals surface area contributed by atoms with Crippen LogP contribution < -0.4 is 5.56 Å². The number of fused-ring (bicyclic) bond motifs is 3. The van der Waals surface area contributed by atoms with Crippen LogP contribution in [-0.2, 0) is 23.3 Å². The number of thioether (sulfide) groups is 1. The highest BCUT2D eigenvalue weighted by Gasteiger charge is 2.20. The second-order valence-corrected chi connectivity index (χ2v) is 7.62. The van der Waals surface area contributed by atoms with Crippen molar-refractivity contribution in [3.63, 3.8) is 0 Å². The molecule has 0 atom stereocenters. The number of carbonyl (C=O) groups excluding carboxylic acids is 1.